The summed E-state index contributed by atoms with van der Waals surface area (Å²) in [5.74, 6) is 0. The number of rotatable bonds is 2. The molecule has 0 fully saturated rings. The van der Waals surface area contributed by atoms with Gasteiger partial charge in [0.05, 0.1) is 5.03 Å². The lowest BCUT2D eigenvalue weighted by molar-refractivity contribution is 1.13. The van der Waals surface area contributed by atoms with Crippen molar-refractivity contribution < 1.29 is 0 Å². The molecule has 0 N–H and O–H groups in total. The van der Waals surface area contributed by atoms with Crippen molar-refractivity contribution in [2.24, 2.45) is 0 Å². The highest BCUT2D eigenvalue weighted by atomic mass is 79.9. The SMILES string of the molecule is C[Si](C)(C)Sc1ccc(Br)cn1. The number of hydrogen-bond acceptors (Lipinski definition) is 2. The van der Waals surface area contributed by atoms with Crippen LogP contribution in [0.5, 0.6) is 0 Å². The molecule has 0 bridgehead atoms. The second-order valence-electron chi connectivity index (χ2n) is 3.53. The Labute approximate surface area is 86.8 Å². The Hall–Kier alpha value is 0.197. The van der Waals surface area contributed by atoms with E-state index < -0.39 is 7.22 Å². The highest BCUT2D eigenvalue weighted by molar-refractivity contribution is 9.10. The van der Waals surface area contributed by atoms with Crippen LogP contribution >= 0.6 is 27.1 Å². The Morgan fingerprint density at radius 1 is 1.33 bits per heavy atom. The van der Waals surface area contributed by atoms with Gasteiger partial charge < -0.3 is 0 Å². The molecular weight excluding hydrogens is 250 g/mol. The third kappa shape index (κ3) is 3.73. The van der Waals surface area contributed by atoms with Crippen LogP contribution in [0.1, 0.15) is 0 Å². The Morgan fingerprint density at radius 2 is 2.00 bits per heavy atom. The molecule has 0 amide bonds. The number of halogens is 1. The van der Waals surface area contributed by atoms with Gasteiger partial charge in [-0.15, -0.1) is 11.2 Å². The summed E-state index contributed by atoms with van der Waals surface area (Å²) in [7, 11) is -1.08. The Bertz CT molecular complexity index is 255. The molecule has 1 aromatic rings. The van der Waals surface area contributed by atoms with E-state index in [9.17, 15) is 0 Å². The fraction of sp³-hybridized carbons (Fsp3) is 0.375. The molecule has 0 saturated heterocycles. The van der Waals surface area contributed by atoms with Crippen LogP contribution in [-0.4, -0.2) is 12.2 Å². The monoisotopic (exact) mass is 261 g/mol. The van der Waals surface area contributed by atoms with Crippen molar-refractivity contribution >= 4 is 34.4 Å². The van der Waals surface area contributed by atoms with Gasteiger partial charge in [-0.2, -0.15) is 0 Å². The van der Waals surface area contributed by atoms with E-state index in [2.05, 4.69) is 46.6 Å². The highest BCUT2D eigenvalue weighted by Gasteiger charge is 2.15. The molecule has 0 saturated carbocycles. The Balaban J connectivity index is 2.71. The molecule has 0 spiro atoms. The number of hydrogen-bond donors (Lipinski definition) is 0. The quantitative estimate of drug-likeness (QED) is 0.752. The molecule has 12 heavy (non-hydrogen) atoms. The van der Waals surface area contributed by atoms with Crippen LogP contribution in [0.4, 0.5) is 0 Å². The lowest BCUT2D eigenvalue weighted by Crippen LogP contribution is -2.13. The molecule has 0 aliphatic rings. The zero-order chi connectivity index (χ0) is 9.19. The zero-order valence-electron chi connectivity index (χ0n) is 7.47. The highest BCUT2D eigenvalue weighted by Crippen LogP contribution is 2.27. The molecule has 4 heteroatoms. The predicted molar refractivity (Wildman–Crippen MR) is 61.1 cm³/mol. The third-order valence-corrected chi connectivity index (χ3v) is 5.11. The van der Waals surface area contributed by atoms with E-state index in [1.807, 2.05) is 23.5 Å². The smallest absolute Gasteiger partial charge is 0.116 e. The van der Waals surface area contributed by atoms with Gasteiger partial charge in [0.15, 0.2) is 0 Å². The minimum absolute atomic E-state index is 1.04. The van der Waals surface area contributed by atoms with Crippen molar-refractivity contribution in [3.05, 3.63) is 22.8 Å². The molecule has 0 atom stereocenters. The summed E-state index contributed by atoms with van der Waals surface area (Å²) in [6, 6.07) is 4.10. The topological polar surface area (TPSA) is 12.9 Å². The van der Waals surface area contributed by atoms with Crippen LogP contribution in [0.15, 0.2) is 27.8 Å². The largest absolute Gasteiger partial charge is 0.249 e. The minimum Gasteiger partial charge on any atom is -0.249 e. The summed E-state index contributed by atoms with van der Waals surface area (Å²) in [4.78, 5) is 4.31. The van der Waals surface area contributed by atoms with Crippen molar-refractivity contribution in [2.45, 2.75) is 24.7 Å². The van der Waals surface area contributed by atoms with Crippen LogP contribution < -0.4 is 0 Å². The van der Waals surface area contributed by atoms with Crippen LogP contribution in [0.2, 0.25) is 19.6 Å². The van der Waals surface area contributed by atoms with Gasteiger partial charge in [0.2, 0.25) is 0 Å². The van der Waals surface area contributed by atoms with Crippen molar-refractivity contribution in [1.82, 2.24) is 4.98 Å². The van der Waals surface area contributed by atoms with E-state index in [1.165, 1.54) is 0 Å². The molecule has 1 rings (SSSR count). The molecule has 0 aliphatic heterocycles. The fourth-order valence-electron chi connectivity index (χ4n) is 0.736. The van der Waals surface area contributed by atoms with Crippen molar-refractivity contribution in [1.29, 1.82) is 0 Å². The van der Waals surface area contributed by atoms with Crippen molar-refractivity contribution in [3.8, 4) is 0 Å². The van der Waals surface area contributed by atoms with Crippen molar-refractivity contribution in [3.63, 3.8) is 0 Å². The second-order valence-corrected chi connectivity index (χ2v) is 13.6. The summed E-state index contributed by atoms with van der Waals surface area (Å²) in [5.41, 5.74) is 0. The van der Waals surface area contributed by atoms with Gasteiger partial charge in [-0.25, -0.2) is 4.98 Å². The molecule has 1 aromatic heterocycles. The summed E-state index contributed by atoms with van der Waals surface area (Å²) in [5, 5.41) is 1.14. The van der Waals surface area contributed by atoms with E-state index in [1.54, 1.807) is 0 Å². The Morgan fingerprint density at radius 3 is 2.42 bits per heavy atom. The number of aromatic nitrogens is 1. The zero-order valence-corrected chi connectivity index (χ0v) is 10.9. The lowest BCUT2D eigenvalue weighted by Gasteiger charge is -2.13. The van der Waals surface area contributed by atoms with Crippen molar-refractivity contribution in [2.75, 3.05) is 0 Å². The number of pyridine rings is 1. The molecule has 0 aromatic carbocycles. The van der Waals surface area contributed by atoms with E-state index >= 15 is 0 Å². The molecule has 0 unspecified atom stereocenters. The standard InChI is InChI=1S/C8H12BrNSSi/c1-12(2,3)11-8-5-4-7(9)6-10-8/h4-6H,1-3H3. The van der Waals surface area contributed by atoms with Crippen LogP contribution in [0, 0.1) is 0 Å². The normalized spacial score (nSPS) is 11.7. The van der Waals surface area contributed by atoms with Gasteiger partial charge in [0.1, 0.15) is 7.22 Å². The molecule has 1 heterocycles. The first-order chi connectivity index (χ1) is 5.47. The van der Waals surface area contributed by atoms with E-state index in [0.717, 1.165) is 9.50 Å². The van der Waals surface area contributed by atoms with E-state index in [4.69, 9.17) is 0 Å². The van der Waals surface area contributed by atoms with Crippen LogP contribution in [-0.2, 0) is 0 Å². The van der Waals surface area contributed by atoms with Crippen LogP contribution in [0.3, 0.4) is 0 Å². The maximum atomic E-state index is 4.31. The first-order valence-electron chi connectivity index (χ1n) is 3.78. The molecule has 0 radical (unpaired) electrons. The number of nitrogens with zero attached hydrogens (tertiary/aromatic N) is 1. The van der Waals surface area contributed by atoms with Crippen LogP contribution in [0.25, 0.3) is 0 Å². The van der Waals surface area contributed by atoms with Gasteiger partial charge in [0, 0.05) is 10.7 Å². The third-order valence-electron chi connectivity index (χ3n) is 1.11. The average Bonchev–Trinajstić information content (AvgIpc) is 1.91. The maximum absolute atomic E-state index is 4.31. The molecule has 66 valence electrons. The lowest BCUT2D eigenvalue weighted by atomic mass is 10.5. The van der Waals surface area contributed by atoms with Gasteiger partial charge in [-0.3, -0.25) is 0 Å². The predicted octanol–water partition coefficient (Wildman–Crippen LogP) is 3.77. The first kappa shape index (κ1) is 10.3. The van der Waals surface area contributed by atoms with E-state index in [0.29, 0.717) is 0 Å². The first-order valence-corrected chi connectivity index (χ1v) is 9.61. The summed E-state index contributed by atoms with van der Waals surface area (Å²) >= 11 is 5.28. The molecule has 1 nitrogen and oxygen atoms in total. The average molecular weight is 262 g/mol. The van der Waals surface area contributed by atoms with Gasteiger partial charge in [0.25, 0.3) is 0 Å². The molecule has 0 aliphatic carbocycles. The summed E-state index contributed by atoms with van der Waals surface area (Å²) in [6.45, 7) is 6.96. The minimum atomic E-state index is -1.08. The fourth-order valence-corrected chi connectivity index (χ4v) is 4.08. The van der Waals surface area contributed by atoms with E-state index in [-0.39, 0.29) is 0 Å². The Kier molecular flexibility index (Phi) is 3.37. The summed E-state index contributed by atoms with van der Waals surface area (Å²) in [6.07, 6.45) is 1.85. The van der Waals surface area contributed by atoms with Gasteiger partial charge >= 0.3 is 0 Å². The summed E-state index contributed by atoms with van der Waals surface area (Å²) < 4.78 is 1.04. The molecular formula is C8H12BrNSSi. The second kappa shape index (κ2) is 3.94. The maximum Gasteiger partial charge on any atom is 0.116 e. The van der Waals surface area contributed by atoms with Gasteiger partial charge in [-0.05, 0) is 28.1 Å². The van der Waals surface area contributed by atoms with Gasteiger partial charge in [-0.1, -0.05) is 19.6 Å².